The van der Waals surface area contributed by atoms with Crippen molar-refractivity contribution in [2.75, 3.05) is 14.2 Å². The summed E-state index contributed by atoms with van der Waals surface area (Å²) in [5.74, 6) is 0.391. The molecule has 0 aliphatic heterocycles. The third-order valence-corrected chi connectivity index (χ3v) is 5.50. The summed E-state index contributed by atoms with van der Waals surface area (Å²) in [7, 11) is 3.13. The molecule has 136 valence electrons. The van der Waals surface area contributed by atoms with Gasteiger partial charge in [-0.05, 0) is 34.4 Å². The van der Waals surface area contributed by atoms with Gasteiger partial charge >= 0.3 is 5.97 Å². The molecule has 3 nitrogen and oxygen atoms in total. The Kier molecular flexibility index (Phi) is 4.68. The molecule has 0 amide bonds. The Morgan fingerprint density at radius 3 is 2.00 bits per heavy atom. The Labute approximate surface area is 159 Å². The molecule has 0 aromatic heterocycles. The average Bonchev–Trinajstić information content (AvgIpc) is 3.09. The molecule has 0 unspecified atom stereocenters. The van der Waals surface area contributed by atoms with Gasteiger partial charge in [0.15, 0.2) is 0 Å². The van der Waals surface area contributed by atoms with Crippen molar-refractivity contribution in [2.45, 2.75) is 17.8 Å². The molecule has 0 heterocycles. The highest BCUT2D eigenvalue weighted by Crippen LogP contribution is 2.55. The van der Waals surface area contributed by atoms with E-state index in [-0.39, 0.29) is 23.7 Å². The molecule has 3 aromatic carbocycles. The molecule has 0 bridgehead atoms. The Hall–Kier alpha value is -3.07. The summed E-state index contributed by atoms with van der Waals surface area (Å²) in [6, 6.07) is 26.6. The molecule has 4 rings (SSSR count). The first-order valence-electron chi connectivity index (χ1n) is 9.10. The number of rotatable bonds is 4. The predicted molar refractivity (Wildman–Crippen MR) is 105 cm³/mol. The number of ether oxygens (including phenoxy) is 2. The van der Waals surface area contributed by atoms with Crippen molar-refractivity contribution >= 4 is 5.97 Å². The second kappa shape index (κ2) is 7.28. The highest BCUT2D eigenvalue weighted by atomic mass is 16.5. The lowest BCUT2D eigenvalue weighted by Gasteiger charge is -2.25. The van der Waals surface area contributed by atoms with Crippen LogP contribution in [-0.2, 0) is 9.53 Å². The highest BCUT2D eigenvalue weighted by molar-refractivity contribution is 5.82. The van der Waals surface area contributed by atoms with Gasteiger partial charge in [-0.3, -0.25) is 4.79 Å². The van der Waals surface area contributed by atoms with Crippen molar-refractivity contribution in [1.29, 1.82) is 0 Å². The molecule has 0 radical (unpaired) electrons. The zero-order valence-corrected chi connectivity index (χ0v) is 15.5. The van der Waals surface area contributed by atoms with Crippen LogP contribution in [0, 0.1) is 0 Å². The van der Waals surface area contributed by atoms with E-state index >= 15 is 0 Å². The Morgan fingerprint density at radius 1 is 0.741 bits per heavy atom. The minimum atomic E-state index is -0.319. The molecular weight excluding hydrogens is 336 g/mol. The van der Waals surface area contributed by atoms with Gasteiger partial charge in [-0.25, -0.2) is 0 Å². The van der Waals surface area contributed by atoms with Crippen LogP contribution in [0.15, 0.2) is 78.9 Å². The van der Waals surface area contributed by atoms with Gasteiger partial charge in [0.1, 0.15) is 5.75 Å². The summed E-state index contributed by atoms with van der Waals surface area (Å²) in [5, 5.41) is 0. The highest BCUT2D eigenvalue weighted by Gasteiger charge is 2.46. The van der Waals surface area contributed by atoms with Crippen LogP contribution in [0.4, 0.5) is 0 Å². The number of hydrogen-bond acceptors (Lipinski definition) is 3. The van der Waals surface area contributed by atoms with Gasteiger partial charge < -0.3 is 9.47 Å². The summed E-state index contributed by atoms with van der Waals surface area (Å²) >= 11 is 0. The van der Waals surface area contributed by atoms with E-state index in [0.29, 0.717) is 0 Å². The monoisotopic (exact) mass is 358 g/mol. The number of hydrogen-bond donors (Lipinski definition) is 0. The third kappa shape index (κ3) is 2.99. The van der Waals surface area contributed by atoms with Gasteiger partial charge in [0.25, 0.3) is 0 Å². The summed E-state index contributed by atoms with van der Waals surface area (Å²) in [5.41, 5.74) is 4.55. The van der Waals surface area contributed by atoms with E-state index in [1.54, 1.807) is 7.11 Å². The molecule has 0 fully saturated rings. The standard InChI is InChI=1S/C24H22O3/c1-26-18-14-12-17(13-15-18)21-19-10-6-7-11-20(19)23(24(25)27-2)22(21)16-8-4-3-5-9-16/h3-15,21-23H,1-2H3/t21-,22+,23+/m0/s1. The second-order valence-corrected chi connectivity index (χ2v) is 6.82. The van der Waals surface area contributed by atoms with Crippen LogP contribution in [-0.4, -0.2) is 20.2 Å². The van der Waals surface area contributed by atoms with Crippen LogP contribution in [0.3, 0.4) is 0 Å². The van der Waals surface area contributed by atoms with Crippen molar-refractivity contribution < 1.29 is 14.3 Å². The molecule has 27 heavy (non-hydrogen) atoms. The normalized spacial score (nSPS) is 20.7. The molecule has 1 aliphatic carbocycles. The molecule has 0 N–H and O–H groups in total. The predicted octanol–water partition coefficient (Wildman–Crippen LogP) is 4.88. The van der Waals surface area contributed by atoms with E-state index in [4.69, 9.17) is 9.47 Å². The van der Waals surface area contributed by atoms with Gasteiger partial charge in [0.05, 0.1) is 20.1 Å². The van der Waals surface area contributed by atoms with Gasteiger partial charge in [-0.1, -0.05) is 66.7 Å². The number of methoxy groups -OCH3 is 2. The van der Waals surface area contributed by atoms with E-state index in [9.17, 15) is 4.79 Å². The number of esters is 1. The molecule has 3 atom stereocenters. The minimum Gasteiger partial charge on any atom is -0.497 e. The Bertz CT molecular complexity index is 931. The number of carbonyl (C=O) groups is 1. The third-order valence-electron chi connectivity index (χ3n) is 5.50. The van der Waals surface area contributed by atoms with E-state index < -0.39 is 0 Å². The first kappa shape index (κ1) is 17.3. The van der Waals surface area contributed by atoms with Crippen LogP contribution in [0.2, 0.25) is 0 Å². The lowest BCUT2D eigenvalue weighted by molar-refractivity contribution is -0.142. The van der Waals surface area contributed by atoms with E-state index in [2.05, 4.69) is 36.4 Å². The quantitative estimate of drug-likeness (QED) is 0.624. The SMILES string of the molecule is COC(=O)[C@@H]1c2ccccc2[C@H](c2ccc(OC)cc2)[C@H]1c1ccccc1. The Balaban J connectivity index is 1.91. The Morgan fingerprint density at radius 2 is 1.37 bits per heavy atom. The lowest BCUT2D eigenvalue weighted by atomic mass is 9.78. The van der Waals surface area contributed by atoms with Crippen LogP contribution in [0.5, 0.6) is 5.75 Å². The first-order chi connectivity index (χ1) is 13.2. The maximum absolute atomic E-state index is 12.8. The summed E-state index contributed by atoms with van der Waals surface area (Å²) < 4.78 is 10.5. The fraction of sp³-hybridized carbons (Fsp3) is 0.208. The van der Waals surface area contributed by atoms with E-state index in [1.165, 1.54) is 18.2 Å². The van der Waals surface area contributed by atoms with Crippen molar-refractivity contribution in [3.63, 3.8) is 0 Å². The fourth-order valence-electron chi connectivity index (χ4n) is 4.32. The van der Waals surface area contributed by atoms with Crippen LogP contribution < -0.4 is 4.74 Å². The fourth-order valence-corrected chi connectivity index (χ4v) is 4.32. The van der Waals surface area contributed by atoms with Gasteiger partial charge in [-0.15, -0.1) is 0 Å². The van der Waals surface area contributed by atoms with Gasteiger partial charge in [0, 0.05) is 11.8 Å². The number of benzene rings is 3. The summed E-state index contributed by atoms with van der Waals surface area (Å²) in [6.45, 7) is 0. The molecule has 0 spiro atoms. The smallest absolute Gasteiger partial charge is 0.313 e. The zero-order valence-electron chi connectivity index (χ0n) is 15.5. The molecular formula is C24H22O3. The van der Waals surface area contributed by atoms with Crippen molar-refractivity contribution in [1.82, 2.24) is 0 Å². The number of carbonyl (C=O) groups excluding carboxylic acids is 1. The molecule has 1 aliphatic rings. The molecule has 0 saturated heterocycles. The van der Waals surface area contributed by atoms with Crippen LogP contribution >= 0.6 is 0 Å². The second-order valence-electron chi connectivity index (χ2n) is 6.82. The van der Waals surface area contributed by atoms with E-state index in [1.807, 2.05) is 42.5 Å². The van der Waals surface area contributed by atoms with Crippen molar-refractivity contribution in [2.24, 2.45) is 0 Å². The first-order valence-corrected chi connectivity index (χ1v) is 9.10. The van der Waals surface area contributed by atoms with Crippen molar-refractivity contribution in [3.05, 3.63) is 101 Å². The maximum atomic E-state index is 12.8. The molecule has 3 aromatic rings. The molecule has 3 heteroatoms. The van der Waals surface area contributed by atoms with Crippen molar-refractivity contribution in [3.8, 4) is 5.75 Å². The zero-order chi connectivity index (χ0) is 18.8. The summed E-state index contributed by atoms with van der Waals surface area (Å²) in [4.78, 5) is 12.8. The lowest BCUT2D eigenvalue weighted by Crippen LogP contribution is -2.20. The maximum Gasteiger partial charge on any atom is 0.313 e. The van der Waals surface area contributed by atoms with Gasteiger partial charge in [-0.2, -0.15) is 0 Å². The van der Waals surface area contributed by atoms with E-state index in [0.717, 1.165) is 16.9 Å². The minimum absolute atomic E-state index is 0.00977. The molecule has 0 saturated carbocycles. The topological polar surface area (TPSA) is 35.5 Å². The number of fused-ring (bicyclic) bond motifs is 1. The average molecular weight is 358 g/mol. The van der Waals surface area contributed by atoms with Gasteiger partial charge in [0.2, 0.25) is 0 Å². The van der Waals surface area contributed by atoms with Crippen LogP contribution in [0.1, 0.15) is 40.0 Å². The van der Waals surface area contributed by atoms with Crippen LogP contribution in [0.25, 0.3) is 0 Å². The summed E-state index contributed by atoms with van der Waals surface area (Å²) in [6.07, 6.45) is 0. The largest absolute Gasteiger partial charge is 0.497 e.